The molecule has 0 N–H and O–H groups in total. The van der Waals surface area contributed by atoms with E-state index in [9.17, 15) is 0 Å². The van der Waals surface area contributed by atoms with Gasteiger partial charge in [0.15, 0.2) is 0 Å². The second kappa shape index (κ2) is 6.31. The van der Waals surface area contributed by atoms with Gasteiger partial charge in [-0.25, -0.2) is 0 Å². The Morgan fingerprint density at radius 2 is 1.72 bits per heavy atom. The first-order chi connectivity index (χ1) is 8.59. The van der Waals surface area contributed by atoms with Crippen molar-refractivity contribution in [1.82, 2.24) is 4.98 Å². The third kappa shape index (κ3) is 3.22. The summed E-state index contributed by atoms with van der Waals surface area (Å²) in [6, 6.07) is 10.4. The largest absolute Gasteiger partial charge is 0.265 e. The molecule has 1 heterocycles. The van der Waals surface area contributed by atoms with Crippen LogP contribution in [-0.4, -0.2) is 4.98 Å². The number of pyridine rings is 1. The summed E-state index contributed by atoms with van der Waals surface area (Å²) in [6.07, 6.45) is 3.67. The third-order valence-electron chi connectivity index (χ3n) is 2.93. The second-order valence-corrected chi connectivity index (χ2v) is 6.89. The molecule has 0 spiro atoms. The maximum atomic E-state index is 4.06. The van der Waals surface area contributed by atoms with Gasteiger partial charge in [-0.1, -0.05) is 54.7 Å². The fourth-order valence-corrected chi connectivity index (χ4v) is 3.69. The molecule has 0 aliphatic carbocycles. The van der Waals surface area contributed by atoms with Crippen molar-refractivity contribution < 1.29 is 0 Å². The van der Waals surface area contributed by atoms with E-state index in [0.717, 1.165) is 8.95 Å². The van der Waals surface area contributed by atoms with Gasteiger partial charge in [0, 0.05) is 26.2 Å². The van der Waals surface area contributed by atoms with Gasteiger partial charge in [-0.15, -0.1) is 0 Å². The molecule has 0 saturated carbocycles. The number of benzene rings is 1. The van der Waals surface area contributed by atoms with Crippen LogP contribution < -0.4 is 0 Å². The predicted octanol–water partition coefficient (Wildman–Crippen LogP) is 5.85. The monoisotopic (exact) mass is 431 g/mol. The molecule has 1 aromatic carbocycles. The van der Waals surface area contributed by atoms with E-state index < -0.39 is 0 Å². The molecule has 94 valence electrons. The Hall–Kier alpha value is -0.190. The smallest absolute Gasteiger partial charge is 0.0472 e. The van der Waals surface area contributed by atoms with Crippen molar-refractivity contribution in [2.24, 2.45) is 0 Å². The minimum absolute atomic E-state index is 0.256. The topological polar surface area (TPSA) is 12.9 Å². The van der Waals surface area contributed by atoms with Crippen LogP contribution in [0.3, 0.4) is 0 Å². The van der Waals surface area contributed by atoms with Crippen molar-refractivity contribution in [3.05, 3.63) is 62.8 Å². The molecule has 18 heavy (non-hydrogen) atoms. The Kier molecular flexibility index (Phi) is 4.98. The maximum absolute atomic E-state index is 4.06. The molecule has 2 aromatic rings. The molecular weight excluding hydrogens is 422 g/mol. The summed E-state index contributed by atoms with van der Waals surface area (Å²) in [6.45, 7) is 2.21. The van der Waals surface area contributed by atoms with Gasteiger partial charge >= 0.3 is 0 Å². The molecule has 0 saturated heterocycles. The quantitative estimate of drug-likeness (QED) is 0.553. The molecule has 0 amide bonds. The van der Waals surface area contributed by atoms with Crippen LogP contribution in [0.15, 0.2) is 51.7 Å². The van der Waals surface area contributed by atoms with Crippen molar-refractivity contribution in [1.29, 1.82) is 0 Å². The van der Waals surface area contributed by atoms with Gasteiger partial charge in [-0.05, 0) is 47.4 Å². The van der Waals surface area contributed by atoms with Crippen LogP contribution in [0, 0.1) is 0 Å². The van der Waals surface area contributed by atoms with Crippen LogP contribution in [0.1, 0.15) is 28.8 Å². The fourth-order valence-electron chi connectivity index (χ4n) is 1.83. The van der Waals surface area contributed by atoms with Crippen molar-refractivity contribution in [3.8, 4) is 0 Å². The number of halogens is 3. The highest BCUT2D eigenvalue weighted by molar-refractivity contribution is 9.11. The highest BCUT2D eigenvalue weighted by atomic mass is 79.9. The normalized spacial score (nSPS) is 14.2. The van der Waals surface area contributed by atoms with Crippen LogP contribution in [0.4, 0.5) is 0 Å². The SMILES string of the molecule is CC(c1ccncc1)C(Br)c1cc(Br)ccc1Br. The average Bonchev–Trinajstić information content (AvgIpc) is 2.41. The van der Waals surface area contributed by atoms with Crippen LogP contribution in [0.2, 0.25) is 0 Å². The number of aromatic nitrogens is 1. The zero-order chi connectivity index (χ0) is 13.1. The summed E-state index contributed by atoms with van der Waals surface area (Å²) in [5.74, 6) is 0.374. The lowest BCUT2D eigenvalue weighted by molar-refractivity contribution is 0.747. The zero-order valence-corrected chi connectivity index (χ0v) is 14.5. The molecule has 2 atom stereocenters. The van der Waals surface area contributed by atoms with Gasteiger partial charge in [0.2, 0.25) is 0 Å². The summed E-state index contributed by atoms with van der Waals surface area (Å²) in [4.78, 5) is 4.32. The van der Waals surface area contributed by atoms with E-state index in [1.165, 1.54) is 11.1 Å². The molecule has 0 aliphatic heterocycles. The van der Waals surface area contributed by atoms with Gasteiger partial charge in [-0.2, -0.15) is 0 Å². The van der Waals surface area contributed by atoms with E-state index in [1.54, 1.807) is 0 Å². The van der Waals surface area contributed by atoms with E-state index in [-0.39, 0.29) is 4.83 Å². The average molecular weight is 434 g/mol. The molecule has 1 nitrogen and oxygen atoms in total. The minimum atomic E-state index is 0.256. The molecule has 2 unspecified atom stereocenters. The molecule has 0 bridgehead atoms. The first kappa shape index (κ1) is 14.2. The van der Waals surface area contributed by atoms with E-state index in [0.29, 0.717) is 5.92 Å². The Morgan fingerprint density at radius 3 is 2.39 bits per heavy atom. The van der Waals surface area contributed by atoms with Crippen molar-refractivity contribution >= 4 is 47.8 Å². The fraction of sp³-hybridized carbons (Fsp3) is 0.214. The molecule has 0 fully saturated rings. The highest BCUT2D eigenvalue weighted by Crippen LogP contribution is 2.41. The van der Waals surface area contributed by atoms with Crippen LogP contribution in [-0.2, 0) is 0 Å². The summed E-state index contributed by atoms with van der Waals surface area (Å²) in [5.41, 5.74) is 2.52. The Balaban J connectivity index is 2.31. The van der Waals surface area contributed by atoms with E-state index in [2.05, 4.69) is 84.0 Å². The number of rotatable bonds is 3. The lowest BCUT2D eigenvalue weighted by Crippen LogP contribution is -2.03. The minimum Gasteiger partial charge on any atom is -0.265 e. The maximum Gasteiger partial charge on any atom is 0.0472 e. The number of hydrogen-bond acceptors (Lipinski definition) is 1. The summed E-state index contributed by atoms with van der Waals surface area (Å²) < 4.78 is 2.21. The standard InChI is InChI=1S/C14H12Br3N/c1-9(10-4-6-18-7-5-10)14(17)12-8-11(15)2-3-13(12)16/h2-9,14H,1H3. The van der Waals surface area contributed by atoms with E-state index in [4.69, 9.17) is 0 Å². The molecular formula is C14H12Br3N. The summed E-state index contributed by atoms with van der Waals surface area (Å²) >= 11 is 10.9. The van der Waals surface area contributed by atoms with Crippen molar-refractivity contribution in [2.75, 3.05) is 0 Å². The lowest BCUT2D eigenvalue weighted by Gasteiger charge is -2.20. The Bertz CT molecular complexity index is 528. The summed E-state index contributed by atoms with van der Waals surface area (Å²) in [7, 11) is 0. The summed E-state index contributed by atoms with van der Waals surface area (Å²) in [5, 5.41) is 0. The van der Waals surface area contributed by atoms with Gasteiger partial charge in [-0.3, -0.25) is 4.98 Å². The van der Waals surface area contributed by atoms with E-state index >= 15 is 0 Å². The van der Waals surface area contributed by atoms with Crippen molar-refractivity contribution in [2.45, 2.75) is 17.7 Å². The van der Waals surface area contributed by atoms with Crippen LogP contribution in [0.25, 0.3) is 0 Å². The van der Waals surface area contributed by atoms with Gasteiger partial charge in [0.25, 0.3) is 0 Å². The lowest BCUT2D eigenvalue weighted by atomic mass is 9.94. The molecule has 4 heteroatoms. The predicted molar refractivity (Wildman–Crippen MR) is 86.2 cm³/mol. The number of hydrogen-bond donors (Lipinski definition) is 0. The first-order valence-electron chi connectivity index (χ1n) is 5.58. The van der Waals surface area contributed by atoms with Gasteiger partial charge in [0.1, 0.15) is 0 Å². The van der Waals surface area contributed by atoms with Gasteiger partial charge < -0.3 is 0 Å². The van der Waals surface area contributed by atoms with Crippen LogP contribution in [0.5, 0.6) is 0 Å². The molecule has 2 rings (SSSR count). The third-order valence-corrected chi connectivity index (χ3v) is 5.43. The van der Waals surface area contributed by atoms with E-state index in [1.807, 2.05) is 18.5 Å². The molecule has 1 aromatic heterocycles. The van der Waals surface area contributed by atoms with Gasteiger partial charge in [0.05, 0.1) is 0 Å². The molecule has 0 radical (unpaired) electrons. The molecule has 0 aliphatic rings. The van der Waals surface area contributed by atoms with Crippen LogP contribution >= 0.6 is 47.8 Å². The first-order valence-corrected chi connectivity index (χ1v) is 8.08. The number of alkyl halides is 1. The highest BCUT2D eigenvalue weighted by Gasteiger charge is 2.20. The Labute approximate surface area is 132 Å². The number of nitrogens with zero attached hydrogens (tertiary/aromatic N) is 1. The van der Waals surface area contributed by atoms with Crippen molar-refractivity contribution in [3.63, 3.8) is 0 Å². The zero-order valence-electron chi connectivity index (χ0n) is 9.78. The second-order valence-electron chi connectivity index (χ2n) is 4.14. The Morgan fingerprint density at radius 1 is 1.06 bits per heavy atom.